The van der Waals surface area contributed by atoms with E-state index in [0.717, 1.165) is 88.0 Å². The zero-order chi connectivity index (χ0) is 86.2. The number of Topliss-reactive ketones (excluding diaryl/α,β-unsaturated/α-hetero) is 4. The Morgan fingerprint density at radius 1 is 0.347 bits per heavy atom. The van der Waals surface area contributed by atoms with Crippen LogP contribution in [0.3, 0.4) is 0 Å². The summed E-state index contributed by atoms with van der Waals surface area (Å²) in [5, 5.41) is 49.9. The molecule has 12 aromatic rings. The highest BCUT2D eigenvalue weighted by Crippen LogP contribution is 2.45. The van der Waals surface area contributed by atoms with Crippen LogP contribution in [0.1, 0.15) is 209 Å². The van der Waals surface area contributed by atoms with E-state index in [9.17, 15) is 45.5 Å². The minimum atomic E-state index is -4.58. The molecule has 30 heteroatoms. The number of carbonyl (C=O) groups is 4. The molecule has 0 radical (unpaired) electrons. The van der Waals surface area contributed by atoms with E-state index >= 15 is 0 Å². The lowest BCUT2D eigenvalue weighted by molar-refractivity contribution is -0.141. The highest BCUT2D eigenvalue weighted by molar-refractivity contribution is 5.83. The molecule has 0 amide bonds. The largest absolute Gasteiger partial charge is 0.435 e. The normalized spacial score (nSPS) is 12.0. The molecular weight excluding hydrogens is 1520 g/mol. The van der Waals surface area contributed by atoms with E-state index in [1.165, 1.54) is 52.2 Å². The van der Waals surface area contributed by atoms with Gasteiger partial charge in [-0.1, -0.05) is 67.5 Å². The fraction of sp³-hybridized carbons (Fsp3) is 0.409. The second kappa shape index (κ2) is 45.5. The van der Waals surface area contributed by atoms with Crippen molar-refractivity contribution in [1.82, 2.24) is 99.8 Å². The Kier molecular flexibility index (Phi) is 35.9. The number of hydrogen-bond donors (Lipinski definition) is 0. The minimum absolute atomic E-state index is 0.0307. The first-order chi connectivity index (χ1) is 56.7. The van der Waals surface area contributed by atoms with Crippen molar-refractivity contribution in [3.63, 3.8) is 0 Å². The number of rotatable bonds is 26. The Balaban J connectivity index is 0.000000211. The summed E-state index contributed by atoms with van der Waals surface area (Å²) in [6, 6.07) is 22.1. The van der Waals surface area contributed by atoms with Crippen molar-refractivity contribution in [2.24, 2.45) is 28.2 Å². The van der Waals surface area contributed by atoms with Gasteiger partial charge in [0, 0.05) is 177 Å². The first-order valence-corrected chi connectivity index (χ1v) is 39.9. The standard InChI is InChI=1S/2C21H23N5O.2C19H18F3N5O.4C2H6/c1-14-11-17(5-6-18(27)12-15-7-9-22-10-8-15)23-24-20(14)19-13-26(2)25-21(19)16-3-4-16;1-14-10-17(7-8-18(27)11-15-4-3-9-22-12-15)23-24-20(14)19-13-26(2)25-21(19)16-5-6-16;1-12-9-14(3-4-15(28)10-13-5-7-23-8-6-13)24-25-17(12)16-11-27(2)26-18(16)19(20,21)22;1-12-8-14(5-6-15(28)9-13-4-3-7-23-10-13)24-25-17(12)16-11-27(2)26-18(16)19(20,21)22;4*1-2/h7-11,13,16H,3-6,12H2,1-2H3;3-4,9-10,12-13,16H,5-8,11H2,1-2H3;5-9,11H,3-4,10H2,1-2H3;3-4,7-8,10-11H,5-6,9H2,1-2H3;4*1-2H3. The molecule has 2 saturated carbocycles. The molecule has 2 aliphatic rings. The first kappa shape index (κ1) is 93.2. The molecule has 0 saturated heterocycles. The molecule has 624 valence electrons. The van der Waals surface area contributed by atoms with E-state index in [-0.39, 0.29) is 64.9 Å². The molecule has 12 aromatic heterocycles. The van der Waals surface area contributed by atoms with Gasteiger partial charge in [0.05, 0.1) is 68.1 Å². The van der Waals surface area contributed by atoms with E-state index < -0.39 is 23.7 Å². The van der Waals surface area contributed by atoms with Crippen molar-refractivity contribution in [3.05, 3.63) is 237 Å². The number of ketones is 4. The third kappa shape index (κ3) is 28.2. The zero-order valence-corrected chi connectivity index (χ0v) is 70.2. The zero-order valence-electron chi connectivity index (χ0n) is 70.2. The maximum Gasteiger partial charge on any atom is 0.435 e. The molecule has 0 aliphatic heterocycles. The number of carbonyl (C=O) groups excluding carboxylic acids is 4. The highest BCUT2D eigenvalue weighted by Gasteiger charge is 2.40. The van der Waals surface area contributed by atoms with Crippen molar-refractivity contribution < 1.29 is 45.5 Å². The van der Waals surface area contributed by atoms with Gasteiger partial charge in [-0.3, -0.25) is 57.8 Å². The van der Waals surface area contributed by atoms with Crippen molar-refractivity contribution in [2.45, 2.75) is 210 Å². The van der Waals surface area contributed by atoms with Gasteiger partial charge in [0.1, 0.15) is 23.1 Å². The fourth-order valence-electron chi connectivity index (χ4n) is 12.5. The lowest BCUT2D eigenvalue weighted by Gasteiger charge is -2.08. The molecule has 0 spiro atoms. The molecule has 118 heavy (non-hydrogen) atoms. The third-order valence-corrected chi connectivity index (χ3v) is 18.2. The van der Waals surface area contributed by atoms with E-state index in [2.05, 4.69) is 95.0 Å². The van der Waals surface area contributed by atoms with Gasteiger partial charge in [-0.15, -0.1) is 20.4 Å². The van der Waals surface area contributed by atoms with Crippen LogP contribution < -0.4 is 0 Å². The number of aryl methyl sites for hydroxylation is 12. The van der Waals surface area contributed by atoms with Crippen LogP contribution in [0, 0.1) is 27.7 Å². The Labute approximate surface area is 685 Å². The summed E-state index contributed by atoms with van der Waals surface area (Å²) in [6.07, 6.45) is 20.5. The number of pyridine rings is 4. The number of hydrogen-bond acceptors (Lipinski definition) is 20. The average Bonchev–Trinajstić information content (AvgIpc) is 1.65. The lowest BCUT2D eigenvalue weighted by atomic mass is 10.0. The van der Waals surface area contributed by atoms with Gasteiger partial charge in [-0.05, 0) is 184 Å². The Hall–Kier alpha value is -12.0. The van der Waals surface area contributed by atoms with Crippen LogP contribution in [-0.4, -0.2) is 123 Å². The quantitative estimate of drug-likeness (QED) is 0.0455. The fourth-order valence-corrected chi connectivity index (χ4v) is 12.5. The van der Waals surface area contributed by atoms with E-state index in [1.807, 2.05) is 134 Å². The van der Waals surface area contributed by atoms with Crippen molar-refractivity contribution in [2.75, 3.05) is 0 Å². The molecule has 0 N–H and O–H groups in total. The maximum atomic E-state index is 13.2. The summed E-state index contributed by atoms with van der Waals surface area (Å²) >= 11 is 0. The molecule has 0 bridgehead atoms. The molecular formula is C88H106F6N20O4. The molecule has 14 rings (SSSR count). The van der Waals surface area contributed by atoms with Crippen LogP contribution in [-0.2, 0) is 111 Å². The van der Waals surface area contributed by atoms with Crippen LogP contribution in [0.15, 0.2) is 147 Å². The smallest absolute Gasteiger partial charge is 0.299 e. The maximum absolute atomic E-state index is 13.2. The minimum Gasteiger partial charge on any atom is -0.299 e. The van der Waals surface area contributed by atoms with E-state index in [0.29, 0.717) is 92.1 Å². The Bertz CT molecular complexity index is 4860. The van der Waals surface area contributed by atoms with Crippen LogP contribution in [0.2, 0.25) is 0 Å². The number of nitrogens with zero attached hydrogens (tertiary/aromatic N) is 20. The average molecular weight is 1620 g/mol. The Morgan fingerprint density at radius 2 is 0.610 bits per heavy atom. The van der Waals surface area contributed by atoms with Gasteiger partial charge in [-0.25, -0.2) is 0 Å². The Morgan fingerprint density at radius 3 is 0.864 bits per heavy atom. The summed E-state index contributed by atoms with van der Waals surface area (Å²) < 4.78 is 85.0. The topological polar surface area (TPSA) is 294 Å². The van der Waals surface area contributed by atoms with Crippen LogP contribution >= 0.6 is 0 Å². The van der Waals surface area contributed by atoms with Gasteiger partial charge in [0.25, 0.3) is 0 Å². The van der Waals surface area contributed by atoms with Crippen LogP contribution in [0.5, 0.6) is 0 Å². The molecule has 0 unspecified atom stereocenters. The second-order valence-electron chi connectivity index (χ2n) is 27.6. The van der Waals surface area contributed by atoms with Crippen molar-refractivity contribution >= 4 is 23.1 Å². The number of alkyl halides is 6. The summed E-state index contributed by atoms with van der Waals surface area (Å²) in [6.45, 7) is 23.4. The third-order valence-electron chi connectivity index (χ3n) is 18.2. The molecule has 2 aliphatic carbocycles. The lowest BCUT2D eigenvalue weighted by Crippen LogP contribution is -2.10. The summed E-state index contributed by atoms with van der Waals surface area (Å²) in [7, 11) is 6.73. The summed E-state index contributed by atoms with van der Waals surface area (Å²) in [5.74, 6) is 1.59. The monoisotopic (exact) mass is 1620 g/mol. The second-order valence-corrected chi connectivity index (χ2v) is 27.6. The van der Waals surface area contributed by atoms with E-state index in [1.54, 1.807) is 93.8 Å². The summed E-state index contributed by atoms with van der Waals surface area (Å²) in [4.78, 5) is 64.5. The van der Waals surface area contributed by atoms with Crippen LogP contribution in [0.4, 0.5) is 26.3 Å². The van der Waals surface area contributed by atoms with Gasteiger partial charge < -0.3 is 0 Å². The molecule has 12 heterocycles. The SMILES string of the molecule is CC.CC.CC.CC.Cc1cc(CCC(=O)Cc2cccnc2)nnc1-c1cn(C)nc1C(F)(F)F.Cc1cc(CCC(=O)Cc2cccnc2)nnc1-c1cn(C)nc1C1CC1.Cc1cc(CCC(=O)Cc2ccncc2)nnc1-c1cn(C)nc1C(F)(F)F.Cc1cc(CCC(=O)Cc2ccncc2)nnc1-c1cn(C)nc1C1CC1. The van der Waals surface area contributed by atoms with Gasteiger partial charge in [0.2, 0.25) is 0 Å². The van der Waals surface area contributed by atoms with Gasteiger partial charge in [-0.2, -0.15) is 67.1 Å². The molecule has 0 aromatic carbocycles. The molecule has 24 nitrogen and oxygen atoms in total. The molecule has 0 atom stereocenters. The predicted octanol–water partition coefficient (Wildman–Crippen LogP) is 17.2. The number of halogens is 6. The number of aromatic nitrogens is 20. The molecule has 2 fully saturated rings. The van der Waals surface area contributed by atoms with Crippen LogP contribution in [0.25, 0.3) is 45.0 Å². The van der Waals surface area contributed by atoms with Gasteiger partial charge >= 0.3 is 12.4 Å². The highest BCUT2D eigenvalue weighted by atomic mass is 19.4. The van der Waals surface area contributed by atoms with Crippen molar-refractivity contribution in [3.8, 4) is 45.0 Å². The van der Waals surface area contributed by atoms with Gasteiger partial charge in [0.15, 0.2) is 11.4 Å². The first-order valence-electron chi connectivity index (χ1n) is 39.9. The predicted molar refractivity (Wildman–Crippen MR) is 440 cm³/mol. The summed E-state index contributed by atoms with van der Waals surface area (Å²) in [5.41, 5.74) is 14.0. The van der Waals surface area contributed by atoms with Crippen molar-refractivity contribution in [1.29, 1.82) is 0 Å². The van der Waals surface area contributed by atoms with E-state index in [4.69, 9.17) is 0 Å².